The van der Waals surface area contributed by atoms with Crippen LogP contribution in [-0.4, -0.2) is 22.3 Å². The summed E-state index contributed by atoms with van der Waals surface area (Å²) in [6.07, 6.45) is 6.44. The van der Waals surface area contributed by atoms with E-state index in [1.165, 1.54) is 6.92 Å². The Morgan fingerprint density at radius 3 is 2.42 bits per heavy atom. The van der Waals surface area contributed by atoms with Crippen LogP contribution in [0, 0.1) is 0 Å². The molecule has 0 fully saturated rings. The fourth-order valence-corrected chi connectivity index (χ4v) is 0.876. The van der Waals surface area contributed by atoms with Crippen molar-refractivity contribution in [2.24, 2.45) is 4.99 Å². The highest BCUT2D eigenvalue weighted by Gasteiger charge is 2.14. The van der Waals surface area contributed by atoms with Gasteiger partial charge in [0.05, 0.1) is 11.3 Å². The predicted molar refractivity (Wildman–Crippen MR) is 47.0 cm³/mol. The number of aliphatic imine (C=N–C) groups is 1. The molecule has 12 heavy (non-hydrogen) atoms. The van der Waals surface area contributed by atoms with Gasteiger partial charge in [0.2, 0.25) is 5.91 Å². The molecule has 0 saturated carbocycles. The van der Waals surface area contributed by atoms with Gasteiger partial charge in [0, 0.05) is 6.92 Å². The van der Waals surface area contributed by atoms with Crippen LogP contribution in [0.4, 0.5) is 0 Å². The van der Waals surface area contributed by atoms with Crippen molar-refractivity contribution in [1.29, 1.82) is 0 Å². The highest BCUT2D eigenvalue weighted by molar-refractivity contribution is 6.09. The molecular weight excluding hydrogens is 154 g/mol. The third-order valence-corrected chi connectivity index (χ3v) is 1.47. The first kappa shape index (κ1) is 8.87. The molecule has 1 aliphatic carbocycles. The van der Waals surface area contributed by atoms with Gasteiger partial charge < -0.3 is 5.11 Å². The zero-order chi connectivity index (χ0) is 9.19. The van der Waals surface area contributed by atoms with Crippen LogP contribution in [0.2, 0.25) is 0 Å². The van der Waals surface area contributed by atoms with E-state index in [-0.39, 0.29) is 5.91 Å². The lowest BCUT2D eigenvalue weighted by molar-refractivity contribution is -0.115. The molecule has 0 aliphatic heterocycles. The maximum Gasteiger partial charge on any atom is 0.243 e. The summed E-state index contributed by atoms with van der Waals surface area (Å²) >= 11 is 0. The van der Waals surface area contributed by atoms with E-state index >= 15 is 0 Å². The van der Waals surface area contributed by atoms with Gasteiger partial charge in [0.1, 0.15) is 0 Å². The van der Waals surface area contributed by atoms with E-state index < -0.39 is 5.60 Å². The average molecular weight is 165 g/mol. The summed E-state index contributed by atoms with van der Waals surface area (Å²) in [7, 11) is 0. The fraction of sp³-hybridized carbons (Fsp3) is 0.333. The summed E-state index contributed by atoms with van der Waals surface area (Å²) in [5.74, 6) is -0.235. The third-order valence-electron chi connectivity index (χ3n) is 1.47. The molecule has 0 unspecified atom stereocenters. The topological polar surface area (TPSA) is 49.7 Å². The van der Waals surface area contributed by atoms with E-state index in [9.17, 15) is 9.90 Å². The summed E-state index contributed by atoms with van der Waals surface area (Å²) in [6, 6.07) is 0. The summed E-state index contributed by atoms with van der Waals surface area (Å²) in [6.45, 7) is 3.05. The first-order valence-electron chi connectivity index (χ1n) is 3.70. The number of amides is 1. The van der Waals surface area contributed by atoms with Crippen LogP contribution in [0.25, 0.3) is 0 Å². The van der Waals surface area contributed by atoms with Crippen molar-refractivity contribution >= 4 is 11.6 Å². The molecule has 1 amide bonds. The molecule has 0 spiro atoms. The van der Waals surface area contributed by atoms with E-state index in [0.29, 0.717) is 5.71 Å². The van der Waals surface area contributed by atoms with Crippen LogP contribution in [0.15, 0.2) is 29.3 Å². The van der Waals surface area contributed by atoms with E-state index in [2.05, 4.69) is 4.99 Å². The van der Waals surface area contributed by atoms with Gasteiger partial charge in [-0.25, -0.2) is 4.99 Å². The van der Waals surface area contributed by atoms with Crippen molar-refractivity contribution in [2.75, 3.05) is 0 Å². The smallest absolute Gasteiger partial charge is 0.243 e. The van der Waals surface area contributed by atoms with E-state index in [1.807, 2.05) is 0 Å². The molecule has 0 atom stereocenters. The Morgan fingerprint density at radius 1 is 1.50 bits per heavy atom. The van der Waals surface area contributed by atoms with E-state index in [0.717, 1.165) is 0 Å². The highest BCUT2D eigenvalue weighted by atomic mass is 16.3. The number of aliphatic hydroxyl groups is 1. The van der Waals surface area contributed by atoms with E-state index in [1.54, 1.807) is 31.2 Å². The van der Waals surface area contributed by atoms with Gasteiger partial charge >= 0.3 is 0 Å². The zero-order valence-electron chi connectivity index (χ0n) is 7.11. The normalized spacial score (nSPS) is 27.4. The molecule has 1 aliphatic rings. The van der Waals surface area contributed by atoms with Crippen LogP contribution in [0.1, 0.15) is 13.8 Å². The molecule has 3 heteroatoms. The maximum atomic E-state index is 10.6. The van der Waals surface area contributed by atoms with Crippen LogP contribution in [-0.2, 0) is 4.79 Å². The van der Waals surface area contributed by atoms with Gasteiger partial charge in [-0.05, 0) is 31.2 Å². The Balaban J connectivity index is 2.80. The van der Waals surface area contributed by atoms with Crippen LogP contribution in [0.3, 0.4) is 0 Å². The lowest BCUT2D eigenvalue weighted by Crippen LogP contribution is -2.20. The molecule has 1 N–H and O–H groups in total. The quantitative estimate of drug-likeness (QED) is 0.578. The van der Waals surface area contributed by atoms with Crippen LogP contribution in [0.5, 0.6) is 0 Å². The third kappa shape index (κ3) is 2.43. The molecule has 0 aromatic carbocycles. The van der Waals surface area contributed by atoms with Gasteiger partial charge in [-0.3, -0.25) is 4.79 Å². The van der Waals surface area contributed by atoms with Crippen molar-refractivity contribution in [3.8, 4) is 0 Å². The number of hydrogen-bond acceptors (Lipinski definition) is 2. The average Bonchev–Trinajstić information content (AvgIpc) is 1.93. The maximum absolute atomic E-state index is 10.6. The molecule has 0 heterocycles. The number of allylic oxidation sites excluding steroid dienone is 2. The van der Waals surface area contributed by atoms with Crippen molar-refractivity contribution in [1.82, 2.24) is 0 Å². The summed E-state index contributed by atoms with van der Waals surface area (Å²) in [4.78, 5) is 14.3. The SMILES string of the molecule is CC(=O)N=C1C=CC(C)(O)C=C1. The molecular formula is C9H11NO2. The fourth-order valence-electron chi connectivity index (χ4n) is 0.876. The lowest BCUT2D eigenvalue weighted by Gasteiger charge is -2.16. The monoisotopic (exact) mass is 165 g/mol. The number of nitrogens with zero attached hydrogens (tertiary/aromatic N) is 1. The molecule has 64 valence electrons. The second kappa shape index (κ2) is 3.03. The minimum Gasteiger partial charge on any atom is -0.382 e. The van der Waals surface area contributed by atoms with Crippen molar-refractivity contribution in [3.63, 3.8) is 0 Å². The summed E-state index contributed by atoms with van der Waals surface area (Å²) in [5.41, 5.74) is -0.329. The second-order valence-electron chi connectivity index (χ2n) is 2.95. The molecule has 0 bridgehead atoms. The molecule has 0 aromatic rings. The zero-order valence-corrected chi connectivity index (χ0v) is 7.11. The van der Waals surface area contributed by atoms with Crippen molar-refractivity contribution in [3.05, 3.63) is 24.3 Å². The van der Waals surface area contributed by atoms with Gasteiger partial charge in [-0.2, -0.15) is 0 Å². The molecule has 3 nitrogen and oxygen atoms in total. The van der Waals surface area contributed by atoms with E-state index in [4.69, 9.17) is 0 Å². The summed E-state index contributed by atoms with van der Waals surface area (Å²) in [5, 5.41) is 9.41. The minimum absolute atomic E-state index is 0.235. The standard InChI is InChI=1S/C9H11NO2/c1-7(11)10-8-3-5-9(2,12)6-4-8/h3-6,12H,1-2H3. The first-order valence-corrected chi connectivity index (χ1v) is 3.70. The van der Waals surface area contributed by atoms with Gasteiger partial charge in [0.25, 0.3) is 0 Å². The number of hydrogen-bond donors (Lipinski definition) is 1. The van der Waals surface area contributed by atoms with Crippen molar-refractivity contribution in [2.45, 2.75) is 19.4 Å². The largest absolute Gasteiger partial charge is 0.382 e. The number of carbonyl (C=O) groups excluding carboxylic acids is 1. The van der Waals surface area contributed by atoms with Gasteiger partial charge in [0.15, 0.2) is 0 Å². The molecule has 0 saturated heterocycles. The van der Waals surface area contributed by atoms with Crippen molar-refractivity contribution < 1.29 is 9.90 Å². The molecule has 0 aromatic heterocycles. The number of rotatable bonds is 0. The minimum atomic E-state index is -0.907. The molecule has 0 radical (unpaired) electrons. The van der Waals surface area contributed by atoms with Gasteiger partial charge in [-0.15, -0.1) is 0 Å². The predicted octanol–water partition coefficient (Wildman–Crippen LogP) is 0.851. The highest BCUT2D eigenvalue weighted by Crippen LogP contribution is 2.12. The Bertz CT molecular complexity index is 267. The Hall–Kier alpha value is -1.22. The lowest BCUT2D eigenvalue weighted by atomic mass is 10.00. The molecule has 1 rings (SSSR count). The Kier molecular flexibility index (Phi) is 2.24. The summed E-state index contributed by atoms with van der Waals surface area (Å²) < 4.78 is 0. The number of carbonyl (C=O) groups is 1. The van der Waals surface area contributed by atoms with Gasteiger partial charge in [-0.1, -0.05) is 0 Å². The van der Waals surface area contributed by atoms with Crippen LogP contribution >= 0.6 is 0 Å². The second-order valence-corrected chi connectivity index (χ2v) is 2.95. The Labute approximate surface area is 71.1 Å². The Morgan fingerprint density at radius 2 is 2.00 bits per heavy atom. The first-order chi connectivity index (χ1) is 5.49. The van der Waals surface area contributed by atoms with Crippen LogP contribution < -0.4 is 0 Å².